The summed E-state index contributed by atoms with van der Waals surface area (Å²) >= 11 is 0. The highest BCUT2D eigenvalue weighted by Gasteiger charge is 2.24. The van der Waals surface area contributed by atoms with Gasteiger partial charge in [0.15, 0.2) is 0 Å². The summed E-state index contributed by atoms with van der Waals surface area (Å²) in [5, 5.41) is 3.03. The first-order valence-corrected chi connectivity index (χ1v) is 12.6. The van der Waals surface area contributed by atoms with E-state index >= 15 is 0 Å². The summed E-state index contributed by atoms with van der Waals surface area (Å²) in [6.07, 6.45) is 4.32. The minimum Gasteiger partial charge on any atom is -0.379 e. The molecule has 0 aromatic heterocycles. The molecule has 190 valence electrons. The van der Waals surface area contributed by atoms with Gasteiger partial charge in [-0.3, -0.25) is 14.4 Å². The second-order valence-corrected chi connectivity index (χ2v) is 7.74. The molecule has 0 radical (unpaired) electrons. The zero-order chi connectivity index (χ0) is 24.9. The number of ketones is 1. The lowest BCUT2D eigenvalue weighted by Crippen LogP contribution is -2.39. The molecule has 0 bridgehead atoms. The molecule has 0 saturated heterocycles. The number of amides is 2. The molecule has 7 heteroatoms. The van der Waals surface area contributed by atoms with E-state index < -0.39 is 0 Å². The maximum Gasteiger partial charge on any atom is 0.222 e. The van der Waals surface area contributed by atoms with Crippen molar-refractivity contribution in [1.29, 1.82) is 0 Å². The Bertz CT molecular complexity index is 489. The standard InChI is InChI=1S/C21H38N2O5.2C2H6/c1-5-21(26)23(16(2)3)11-13-28-15-14-27-12-10-20(25)22-19-8-6-18(7-9-19)17(4)24;2*1-2/h16,18-19H,5-15H2,1-4H3,(H,22,25);2*1-2H3. The van der Waals surface area contributed by atoms with Gasteiger partial charge in [0, 0.05) is 37.4 Å². The molecule has 1 rings (SSSR count). The van der Waals surface area contributed by atoms with Crippen molar-refractivity contribution in [1.82, 2.24) is 10.2 Å². The van der Waals surface area contributed by atoms with Crippen molar-refractivity contribution in [3.63, 3.8) is 0 Å². The Morgan fingerprint density at radius 3 is 1.91 bits per heavy atom. The van der Waals surface area contributed by atoms with Gasteiger partial charge < -0.3 is 19.7 Å². The smallest absolute Gasteiger partial charge is 0.222 e. The predicted molar refractivity (Wildman–Crippen MR) is 131 cm³/mol. The molecule has 0 spiro atoms. The van der Waals surface area contributed by atoms with Crippen molar-refractivity contribution < 1.29 is 23.9 Å². The minimum atomic E-state index is -0.00199. The average molecular weight is 459 g/mol. The third-order valence-electron chi connectivity index (χ3n) is 5.24. The molecule has 32 heavy (non-hydrogen) atoms. The number of rotatable bonds is 13. The molecule has 1 saturated carbocycles. The Kier molecular flexibility index (Phi) is 21.9. The normalized spacial score (nSPS) is 17.4. The second-order valence-electron chi connectivity index (χ2n) is 7.74. The summed E-state index contributed by atoms with van der Waals surface area (Å²) in [4.78, 5) is 37.0. The quantitative estimate of drug-likeness (QED) is 0.414. The number of carbonyl (C=O) groups is 3. The molecule has 0 heterocycles. The SMILES string of the molecule is CC.CC.CCC(=O)N(CCOCCOCCC(=O)NC1CCC(C(C)=O)CC1)C(C)C. The van der Waals surface area contributed by atoms with Crippen LogP contribution >= 0.6 is 0 Å². The van der Waals surface area contributed by atoms with E-state index in [2.05, 4.69) is 5.32 Å². The maximum atomic E-state index is 12.0. The zero-order valence-corrected chi connectivity index (χ0v) is 22.0. The Morgan fingerprint density at radius 2 is 1.44 bits per heavy atom. The molecule has 1 fully saturated rings. The second kappa shape index (κ2) is 21.4. The van der Waals surface area contributed by atoms with Crippen molar-refractivity contribution in [2.75, 3.05) is 33.0 Å². The fourth-order valence-corrected chi connectivity index (χ4v) is 3.47. The first-order chi connectivity index (χ1) is 15.3. The van der Waals surface area contributed by atoms with Crippen LogP contribution in [-0.4, -0.2) is 67.6 Å². The lowest BCUT2D eigenvalue weighted by atomic mass is 9.84. The van der Waals surface area contributed by atoms with Gasteiger partial charge in [-0.15, -0.1) is 0 Å². The van der Waals surface area contributed by atoms with E-state index in [4.69, 9.17) is 9.47 Å². The Hall–Kier alpha value is -1.47. The third-order valence-corrected chi connectivity index (χ3v) is 5.24. The topological polar surface area (TPSA) is 84.9 Å². The van der Waals surface area contributed by atoms with Crippen LogP contribution in [0.3, 0.4) is 0 Å². The number of carbonyl (C=O) groups excluding carboxylic acids is 3. The summed E-state index contributed by atoms with van der Waals surface area (Å²) in [5.41, 5.74) is 0. The molecule has 0 unspecified atom stereocenters. The van der Waals surface area contributed by atoms with Gasteiger partial charge in [-0.1, -0.05) is 34.6 Å². The van der Waals surface area contributed by atoms with Crippen LogP contribution in [-0.2, 0) is 23.9 Å². The van der Waals surface area contributed by atoms with Gasteiger partial charge >= 0.3 is 0 Å². The Morgan fingerprint density at radius 1 is 0.906 bits per heavy atom. The van der Waals surface area contributed by atoms with Gasteiger partial charge in [0.05, 0.1) is 26.4 Å². The van der Waals surface area contributed by atoms with Gasteiger partial charge in [-0.25, -0.2) is 0 Å². The van der Waals surface area contributed by atoms with Crippen molar-refractivity contribution in [3.8, 4) is 0 Å². The number of Topliss-reactive ketones (excluding diaryl/α,β-unsaturated/α-hetero) is 1. The van der Waals surface area contributed by atoms with E-state index in [1.54, 1.807) is 6.92 Å². The van der Waals surface area contributed by atoms with Crippen LogP contribution in [0.5, 0.6) is 0 Å². The lowest BCUT2D eigenvalue weighted by molar-refractivity contribution is -0.133. The van der Waals surface area contributed by atoms with E-state index in [9.17, 15) is 14.4 Å². The first kappa shape index (κ1) is 32.7. The van der Waals surface area contributed by atoms with E-state index in [1.807, 2.05) is 53.4 Å². The van der Waals surface area contributed by atoms with E-state index in [1.165, 1.54) is 0 Å². The predicted octanol–water partition coefficient (Wildman–Crippen LogP) is 4.37. The molecule has 2 amide bonds. The Labute approximate surface area is 197 Å². The van der Waals surface area contributed by atoms with Gasteiger partial charge in [0.25, 0.3) is 0 Å². The van der Waals surface area contributed by atoms with E-state index in [0.717, 1.165) is 25.7 Å². The number of hydrogen-bond donors (Lipinski definition) is 1. The number of ether oxygens (including phenoxy) is 2. The molecular formula is C25H50N2O5. The fraction of sp³-hybridized carbons (Fsp3) is 0.880. The molecule has 0 aromatic rings. The van der Waals surface area contributed by atoms with Crippen LogP contribution < -0.4 is 5.32 Å². The summed E-state index contributed by atoms with van der Waals surface area (Å²) in [5.74, 6) is 0.562. The van der Waals surface area contributed by atoms with E-state index in [0.29, 0.717) is 45.8 Å². The molecule has 7 nitrogen and oxygen atoms in total. The van der Waals surface area contributed by atoms with Crippen LogP contribution in [0.2, 0.25) is 0 Å². The molecule has 1 N–H and O–H groups in total. The number of hydrogen-bond acceptors (Lipinski definition) is 5. The molecule has 0 aromatic carbocycles. The van der Waals surface area contributed by atoms with Crippen molar-refractivity contribution in [2.24, 2.45) is 5.92 Å². The van der Waals surface area contributed by atoms with Crippen molar-refractivity contribution >= 4 is 17.6 Å². The molecule has 0 aliphatic heterocycles. The first-order valence-electron chi connectivity index (χ1n) is 12.6. The highest BCUT2D eigenvalue weighted by molar-refractivity contribution is 5.78. The molecular weight excluding hydrogens is 408 g/mol. The lowest BCUT2D eigenvalue weighted by Gasteiger charge is -2.27. The number of nitrogens with zero attached hydrogens (tertiary/aromatic N) is 1. The van der Waals surface area contributed by atoms with Crippen LogP contribution in [0, 0.1) is 5.92 Å². The maximum absolute atomic E-state index is 12.0. The fourth-order valence-electron chi connectivity index (χ4n) is 3.47. The minimum absolute atomic E-state index is 0.00199. The van der Waals surface area contributed by atoms with Gasteiger partial charge in [-0.2, -0.15) is 0 Å². The monoisotopic (exact) mass is 458 g/mol. The van der Waals surface area contributed by atoms with Gasteiger partial charge in [0.1, 0.15) is 5.78 Å². The molecule has 1 aliphatic carbocycles. The van der Waals surface area contributed by atoms with Crippen LogP contribution in [0.15, 0.2) is 0 Å². The zero-order valence-electron chi connectivity index (χ0n) is 22.0. The number of nitrogens with one attached hydrogen (secondary N) is 1. The summed E-state index contributed by atoms with van der Waals surface area (Å²) < 4.78 is 11.0. The van der Waals surface area contributed by atoms with Gasteiger partial charge in [-0.05, 0) is 46.5 Å². The van der Waals surface area contributed by atoms with Crippen LogP contribution in [0.4, 0.5) is 0 Å². The van der Waals surface area contributed by atoms with E-state index in [-0.39, 0.29) is 35.6 Å². The summed E-state index contributed by atoms with van der Waals surface area (Å²) in [6, 6.07) is 0.351. The third kappa shape index (κ3) is 15.4. The van der Waals surface area contributed by atoms with Crippen LogP contribution in [0.1, 0.15) is 93.9 Å². The highest BCUT2D eigenvalue weighted by atomic mass is 16.5. The Balaban J connectivity index is 0. The molecule has 0 atom stereocenters. The summed E-state index contributed by atoms with van der Waals surface area (Å²) in [7, 11) is 0. The van der Waals surface area contributed by atoms with Crippen molar-refractivity contribution in [2.45, 2.75) is 106 Å². The average Bonchev–Trinajstić information content (AvgIpc) is 2.80. The van der Waals surface area contributed by atoms with Crippen LogP contribution in [0.25, 0.3) is 0 Å². The van der Waals surface area contributed by atoms with Crippen molar-refractivity contribution in [3.05, 3.63) is 0 Å². The largest absolute Gasteiger partial charge is 0.379 e. The summed E-state index contributed by atoms with van der Waals surface area (Å²) in [6.45, 7) is 17.8. The molecule has 1 aliphatic rings. The van der Waals surface area contributed by atoms with Gasteiger partial charge in [0.2, 0.25) is 11.8 Å². The highest BCUT2D eigenvalue weighted by Crippen LogP contribution is 2.24.